The van der Waals surface area contributed by atoms with E-state index in [9.17, 15) is 13.9 Å². The van der Waals surface area contributed by atoms with Crippen molar-refractivity contribution in [1.82, 2.24) is 5.32 Å². The predicted octanol–water partition coefficient (Wildman–Crippen LogP) is 4.13. The number of nitrogens with one attached hydrogen (secondary N) is 1. The topological polar surface area (TPSA) is 32.3 Å². The average molecular weight is 317 g/mol. The van der Waals surface area contributed by atoms with Gasteiger partial charge in [-0.25, -0.2) is 8.78 Å². The standard InChI is InChI=1S/C19H21F2NO/c1-12-18(14-5-9-16(21)10-6-14)22-17(11-19(12,2)23)13-3-7-15(20)8-4-13/h3-10,12,17-18,22-23H,11H2,1-2H3/t12-,17-,18+,19-/m1/s1. The van der Waals surface area contributed by atoms with Gasteiger partial charge in [0.2, 0.25) is 0 Å². The Bertz CT molecular complexity index is 667. The van der Waals surface area contributed by atoms with Gasteiger partial charge in [-0.1, -0.05) is 31.2 Å². The van der Waals surface area contributed by atoms with Crippen LogP contribution in [0.25, 0.3) is 0 Å². The smallest absolute Gasteiger partial charge is 0.123 e. The van der Waals surface area contributed by atoms with Crippen molar-refractivity contribution in [3.63, 3.8) is 0 Å². The minimum atomic E-state index is -0.872. The molecule has 3 rings (SSSR count). The summed E-state index contributed by atoms with van der Waals surface area (Å²) < 4.78 is 26.3. The maximum atomic E-state index is 13.2. The van der Waals surface area contributed by atoms with Gasteiger partial charge in [0, 0.05) is 18.0 Å². The molecule has 0 amide bonds. The van der Waals surface area contributed by atoms with Crippen LogP contribution >= 0.6 is 0 Å². The average Bonchev–Trinajstić information content (AvgIpc) is 2.51. The molecule has 0 bridgehead atoms. The van der Waals surface area contributed by atoms with Crippen molar-refractivity contribution in [1.29, 1.82) is 0 Å². The van der Waals surface area contributed by atoms with Crippen molar-refractivity contribution in [2.45, 2.75) is 38.0 Å². The van der Waals surface area contributed by atoms with Crippen molar-refractivity contribution in [3.8, 4) is 0 Å². The van der Waals surface area contributed by atoms with Gasteiger partial charge in [0.15, 0.2) is 0 Å². The van der Waals surface area contributed by atoms with Crippen LogP contribution < -0.4 is 5.32 Å². The second-order valence-corrected chi connectivity index (χ2v) is 6.65. The van der Waals surface area contributed by atoms with Crippen LogP contribution in [0.4, 0.5) is 8.78 Å². The van der Waals surface area contributed by atoms with E-state index in [-0.39, 0.29) is 29.6 Å². The third-order valence-electron chi connectivity index (χ3n) is 4.98. The number of aliphatic hydroxyl groups is 1. The van der Waals surface area contributed by atoms with E-state index in [1.807, 2.05) is 13.8 Å². The zero-order valence-electron chi connectivity index (χ0n) is 13.3. The van der Waals surface area contributed by atoms with Gasteiger partial charge in [-0.3, -0.25) is 0 Å². The molecule has 2 aromatic rings. The third kappa shape index (κ3) is 3.28. The van der Waals surface area contributed by atoms with E-state index in [0.717, 1.165) is 11.1 Å². The van der Waals surface area contributed by atoms with Gasteiger partial charge < -0.3 is 10.4 Å². The molecular weight excluding hydrogens is 296 g/mol. The molecule has 0 spiro atoms. The van der Waals surface area contributed by atoms with E-state index in [4.69, 9.17) is 0 Å². The number of benzene rings is 2. The Morgan fingerprint density at radius 1 is 0.957 bits per heavy atom. The number of hydrogen-bond acceptors (Lipinski definition) is 2. The van der Waals surface area contributed by atoms with E-state index in [1.54, 1.807) is 24.3 Å². The zero-order valence-corrected chi connectivity index (χ0v) is 13.3. The maximum Gasteiger partial charge on any atom is 0.123 e. The van der Waals surface area contributed by atoms with Crippen LogP contribution in [0.1, 0.15) is 43.5 Å². The highest BCUT2D eigenvalue weighted by atomic mass is 19.1. The predicted molar refractivity (Wildman–Crippen MR) is 85.8 cm³/mol. The first-order chi connectivity index (χ1) is 10.9. The van der Waals surface area contributed by atoms with Gasteiger partial charge in [0.1, 0.15) is 11.6 Å². The molecule has 122 valence electrons. The van der Waals surface area contributed by atoms with Crippen LogP contribution in [0.3, 0.4) is 0 Å². The Hall–Kier alpha value is -1.78. The number of rotatable bonds is 2. The minimum absolute atomic E-state index is 0.0374. The fourth-order valence-electron chi connectivity index (χ4n) is 3.34. The van der Waals surface area contributed by atoms with Gasteiger partial charge in [-0.05, 0) is 48.7 Å². The van der Waals surface area contributed by atoms with Crippen molar-refractivity contribution in [3.05, 3.63) is 71.3 Å². The molecule has 0 aromatic heterocycles. The molecule has 2 aromatic carbocycles. The first-order valence-electron chi connectivity index (χ1n) is 7.86. The summed E-state index contributed by atoms with van der Waals surface area (Å²) in [6.45, 7) is 3.81. The summed E-state index contributed by atoms with van der Waals surface area (Å²) in [4.78, 5) is 0. The van der Waals surface area contributed by atoms with Crippen molar-refractivity contribution in [2.75, 3.05) is 0 Å². The highest BCUT2D eigenvalue weighted by Gasteiger charge is 2.42. The molecular formula is C19H21F2NO. The van der Waals surface area contributed by atoms with Crippen molar-refractivity contribution in [2.24, 2.45) is 5.92 Å². The molecule has 1 heterocycles. The van der Waals surface area contributed by atoms with Gasteiger partial charge >= 0.3 is 0 Å². The molecule has 0 radical (unpaired) electrons. The lowest BCUT2D eigenvalue weighted by molar-refractivity contribution is -0.0526. The van der Waals surface area contributed by atoms with Gasteiger partial charge in [0.05, 0.1) is 5.60 Å². The Balaban J connectivity index is 1.92. The van der Waals surface area contributed by atoms with Crippen LogP contribution in [0.2, 0.25) is 0 Å². The summed E-state index contributed by atoms with van der Waals surface area (Å²) in [5.74, 6) is -0.594. The summed E-state index contributed by atoms with van der Waals surface area (Å²) in [7, 11) is 0. The quantitative estimate of drug-likeness (QED) is 0.873. The van der Waals surface area contributed by atoms with Gasteiger partial charge in [-0.2, -0.15) is 0 Å². The van der Waals surface area contributed by atoms with E-state index >= 15 is 0 Å². The molecule has 0 aliphatic carbocycles. The summed E-state index contributed by atoms with van der Waals surface area (Å²) >= 11 is 0. The first-order valence-corrected chi connectivity index (χ1v) is 7.86. The van der Waals surface area contributed by atoms with Crippen LogP contribution in [0.15, 0.2) is 48.5 Å². The highest BCUT2D eigenvalue weighted by Crippen LogP contribution is 2.42. The zero-order chi connectivity index (χ0) is 16.6. The number of piperidine rings is 1. The van der Waals surface area contributed by atoms with E-state index in [0.29, 0.717) is 6.42 Å². The number of halogens is 2. The summed E-state index contributed by atoms with van der Waals surface area (Å²) in [5, 5.41) is 14.4. The SMILES string of the molecule is C[C@@H]1[C@@H](c2ccc(F)cc2)N[C@@H](c2ccc(F)cc2)C[C@@]1(C)O. The Kier molecular flexibility index (Phi) is 4.21. The van der Waals surface area contributed by atoms with Crippen molar-refractivity contribution >= 4 is 0 Å². The molecule has 23 heavy (non-hydrogen) atoms. The van der Waals surface area contributed by atoms with Gasteiger partial charge in [-0.15, -0.1) is 0 Å². The van der Waals surface area contributed by atoms with Crippen LogP contribution in [0, 0.1) is 17.6 Å². The second-order valence-electron chi connectivity index (χ2n) is 6.65. The van der Waals surface area contributed by atoms with E-state index in [1.165, 1.54) is 24.3 Å². The maximum absolute atomic E-state index is 13.2. The molecule has 1 aliphatic rings. The molecule has 2 nitrogen and oxygen atoms in total. The Morgan fingerprint density at radius 2 is 1.43 bits per heavy atom. The monoisotopic (exact) mass is 317 g/mol. The lowest BCUT2D eigenvalue weighted by Gasteiger charge is -2.46. The van der Waals surface area contributed by atoms with Crippen molar-refractivity contribution < 1.29 is 13.9 Å². The summed E-state index contributed by atoms with van der Waals surface area (Å²) in [6.07, 6.45) is 0.539. The molecule has 4 heteroatoms. The number of hydrogen-bond donors (Lipinski definition) is 2. The third-order valence-corrected chi connectivity index (χ3v) is 4.98. The fourth-order valence-corrected chi connectivity index (χ4v) is 3.34. The Morgan fingerprint density at radius 3 is 1.96 bits per heavy atom. The second kappa shape index (κ2) is 6.02. The summed E-state index contributed by atoms with van der Waals surface area (Å²) in [5.41, 5.74) is 1.00. The lowest BCUT2D eigenvalue weighted by atomic mass is 9.73. The van der Waals surface area contributed by atoms with Crippen LogP contribution in [-0.4, -0.2) is 10.7 Å². The lowest BCUT2D eigenvalue weighted by Crippen LogP contribution is -2.50. The molecule has 1 saturated heterocycles. The molecule has 2 N–H and O–H groups in total. The largest absolute Gasteiger partial charge is 0.390 e. The molecule has 0 unspecified atom stereocenters. The van der Waals surface area contributed by atoms with Crippen LogP contribution in [0.5, 0.6) is 0 Å². The molecule has 4 atom stereocenters. The van der Waals surface area contributed by atoms with Crippen LogP contribution in [-0.2, 0) is 0 Å². The van der Waals surface area contributed by atoms with Gasteiger partial charge in [0.25, 0.3) is 0 Å². The normalized spacial score (nSPS) is 31.1. The fraction of sp³-hybridized carbons (Fsp3) is 0.368. The van der Waals surface area contributed by atoms with E-state index < -0.39 is 5.60 Å². The minimum Gasteiger partial charge on any atom is -0.390 e. The summed E-state index contributed by atoms with van der Waals surface area (Å²) in [6, 6.07) is 12.5. The molecule has 0 saturated carbocycles. The molecule has 1 fully saturated rings. The Labute approximate surface area is 135 Å². The first kappa shape index (κ1) is 16.1. The molecule has 1 aliphatic heterocycles. The van der Waals surface area contributed by atoms with E-state index in [2.05, 4.69) is 5.32 Å². The highest BCUT2D eigenvalue weighted by molar-refractivity contribution is 5.27.